The highest BCUT2D eigenvalue weighted by Crippen LogP contribution is 2.21. The number of oxime groups is 1. The van der Waals surface area contributed by atoms with Gasteiger partial charge in [0.05, 0.1) is 0 Å². The minimum absolute atomic E-state index is 0.141. The molecule has 0 saturated heterocycles. The molecule has 82 valence electrons. The van der Waals surface area contributed by atoms with Crippen LogP contribution in [0.1, 0.15) is 18.0 Å². The second-order valence-corrected chi connectivity index (χ2v) is 3.69. The van der Waals surface area contributed by atoms with Gasteiger partial charge in [-0.25, -0.2) is 0 Å². The summed E-state index contributed by atoms with van der Waals surface area (Å²) >= 11 is 0. The topological polar surface area (TPSA) is 61.8 Å². The maximum Gasteiger partial charge on any atom is 0.141 e. The zero-order valence-electron chi connectivity index (χ0n) is 9.09. The fourth-order valence-corrected chi connectivity index (χ4v) is 1.51. The van der Waals surface area contributed by atoms with Crippen molar-refractivity contribution in [1.29, 1.82) is 0 Å². The van der Waals surface area contributed by atoms with Crippen LogP contribution in [0.5, 0.6) is 0 Å². The van der Waals surface area contributed by atoms with E-state index in [1.54, 1.807) is 0 Å². The number of hydrogen-bond acceptors (Lipinski definition) is 3. The molecule has 0 fully saturated rings. The SMILES string of the molecule is CN(C)C(CC(N)=NO)c1ccccc1. The van der Waals surface area contributed by atoms with Crippen LogP contribution in [0, 0.1) is 0 Å². The minimum atomic E-state index is 0.141. The Morgan fingerprint density at radius 3 is 2.47 bits per heavy atom. The van der Waals surface area contributed by atoms with Gasteiger partial charge in [-0.05, 0) is 19.7 Å². The lowest BCUT2D eigenvalue weighted by atomic mass is 10.0. The number of nitrogens with two attached hydrogens (primary N) is 1. The van der Waals surface area contributed by atoms with Gasteiger partial charge in [0.25, 0.3) is 0 Å². The third-order valence-corrected chi connectivity index (χ3v) is 2.34. The molecule has 0 aliphatic carbocycles. The van der Waals surface area contributed by atoms with Crippen LogP contribution in [-0.2, 0) is 0 Å². The van der Waals surface area contributed by atoms with E-state index in [1.807, 2.05) is 49.3 Å². The number of rotatable bonds is 4. The Kier molecular flexibility index (Phi) is 4.12. The lowest BCUT2D eigenvalue weighted by Crippen LogP contribution is -2.26. The Morgan fingerprint density at radius 2 is 2.00 bits per heavy atom. The maximum absolute atomic E-state index is 8.56. The molecule has 0 heterocycles. The van der Waals surface area contributed by atoms with Crippen LogP contribution in [0.15, 0.2) is 35.5 Å². The average Bonchev–Trinajstić information content (AvgIpc) is 2.26. The van der Waals surface area contributed by atoms with Gasteiger partial charge in [-0.15, -0.1) is 0 Å². The van der Waals surface area contributed by atoms with Crippen molar-refractivity contribution in [2.45, 2.75) is 12.5 Å². The largest absolute Gasteiger partial charge is 0.409 e. The highest BCUT2D eigenvalue weighted by molar-refractivity contribution is 5.80. The average molecular weight is 207 g/mol. The summed E-state index contributed by atoms with van der Waals surface area (Å²) in [5.41, 5.74) is 6.68. The molecular formula is C11H17N3O. The zero-order chi connectivity index (χ0) is 11.3. The molecule has 3 N–H and O–H groups in total. The molecule has 0 aliphatic heterocycles. The predicted molar refractivity (Wildman–Crippen MR) is 60.9 cm³/mol. The van der Waals surface area contributed by atoms with Gasteiger partial charge in [-0.1, -0.05) is 35.5 Å². The quantitative estimate of drug-likeness (QED) is 0.340. The Bertz CT molecular complexity index is 322. The Balaban J connectivity index is 2.84. The van der Waals surface area contributed by atoms with Crippen molar-refractivity contribution in [3.63, 3.8) is 0 Å². The van der Waals surface area contributed by atoms with Gasteiger partial charge in [0.1, 0.15) is 5.84 Å². The summed E-state index contributed by atoms with van der Waals surface area (Å²) in [4.78, 5) is 2.05. The smallest absolute Gasteiger partial charge is 0.141 e. The molecule has 1 aromatic carbocycles. The molecule has 4 heteroatoms. The molecule has 1 unspecified atom stereocenters. The fraction of sp³-hybridized carbons (Fsp3) is 0.364. The third-order valence-electron chi connectivity index (χ3n) is 2.34. The van der Waals surface area contributed by atoms with Crippen molar-refractivity contribution in [3.05, 3.63) is 35.9 Å². The Labute approximate surface area is 90.0 Å². The van der Waals surface area contributed by atoms with E-state index in [1.165, 1.54) is 0 Å². The van der Waals surface area contributed by atoms with Crippen LogP contribution >= 0.6 is 0 Å². The first-order chi connectivity index (χ1) is 7.15. The fourth-order valence-electron chi connectivity index (χ4n) is 1.51. The van der Waals surface area contributed by atoms with Crippen molar-refractivity contribution in [2.75, 3.05) is 14.1 Å². The standard InChI is InChI=1S/C11H17N3O/c1-14(2)10(8-11(12)13-15)9-6-4-3-5-7-9/h3-7,10,15H,8H2,1-2H3,(H2,12,13). The van der Waals surface area contributed by atoms with Crippen LogP contribution in [0.25, 0.3) is 0 Å². The predicted octanol–water partition coefficient (Wildman–Crippen LogP) is 1.43. The number of hydrogen-bond donors (Lipinski definition) is 2. The van der Waals surface area contributed by atoms with Crippen molar-refractivity contribution in [2.24, 2.45) is 10.9 Å². The van der Waals surface area contributed by atoms with E-state index in [9.17, 15) is 0 Å². The van der Waals surface area contributed by atoms with E-state index in [-0.39, 0.29) is 11.9 Å². The second kappa shape index (κ2) is 5.36. The van der Waals surface area contributed by atoms with Crippen molar-refractivity contribution in [1.82, 2.24) is 4.90 Å². The molecule has 0 bridgehead atoms. The van der Waals surface area contributed by atoms with Gasteiger partial charge in [0.2, 0.25) is 0 Å². The molecule has 15 heavy (non-hydrogen) atoms. The van der Waals surface area contributed by atoms with E-state index in [0.717, 1.165) is 5.56 Å². The summed E-state index contributed by atoms with van der Waals surface area (Å²) in [6, 6.07) is 10.2. The van der Waals surface area contributed by atoms with Gasteiger partial charge in [0, 0.05) is 12.5 Å². The van der Waals surface area contributed by atoms with Crippen LogP contribution in [0.2, 0.25) is 0 Å². The van der Waals surface area contributed by atoms with Gasteiger partial charge < -0.3 is 15.8 Å². The number of amidine groups is 1. The summed E-state index contributed by atoms with van der Waals surface area (Å²) in [6.07, 6.45) is 0.521. The van der Waals surface area contributed by atoms with E-state index < -0.39 is 0 Å². The van der Waals surface area contributed by atoms with Crippen LogP contribution in [0.3, 0.4) is 0 Å². The summed E-state index contributed by atoms with van der Waals surface area (Å²) in [6.45, 7) is 0. The normalized spacial score (nSPS) is 14.2. The van der Waals surface area contributed by atoms with Crippen LogP contribution in [-0.4, -0.2) is 30.0 Å². The molecule has 0 aliphatic rings. The lowest BCUT2D eigenvalue weighted by molar-refractivity contribution is 0.292. The van der Waals surface area contributed by atoms with E-state index >= 15 is 0 Å². The van der Waals surface area contributed by atoms with Crippen LogP contribution < -0.4 is 5.73 Å². The molecule has 1 atom stereocenters. The first kappa shape index (κ1) is 11.5. The molecule has 0 amide bonds. The van der Waals surface area contributed by atoms with E-state index in [2.05, 4.69) is 5.16 Å². The van der Waals surface area contributed by atoms with Crippen molar-refractivity contribution >= 4 is 5.84 Å². The van der Waals surface area contributed by atoms with E-state index in [0.29, 0.717) is 6.42 Å². The Morgan fingerprint density at radius 1 is 1.40 bits per heavy atom. The number of nitrogens with zero attached hydrogens (tertiary/aromatic N) is 2. The third kappa shape index (κ3) is 3.25. The molecule has 1 aromatic rings. The highest BCUT2D eigenvalue weighted by Gasteiger charge is 2.15. The van der Waals surface area contributed by atoms with Crippen molar-refractivity contribution in [3.8, 4) is 0 Å². The molecule has 0 aromatic heterocycles. The maximum atomic E-state index is 8.56. The minimum Gasteiger partial charge on any atom is -0.409 e. The van der Waals surface area contributed by atoms with Crippen molar-refractivity contribution < 1.29 is 5.21 Å². The van der Waals surface area contributed by atoms with Crippen LogP contribution in [0.4, 0.5) is 0 Å². The van der Waals surface area contributed by atoms with Gasteiger partial charge in [-0.2, -0.15) is 0 Å². The molecule has 4 nitrogen and oxygen atoms in total. The first-order valence-electron chi connectivity index (χ1n) is 4.83. The number of benzene rings is 1. The highest BCUT2D eigenvalue weighted by atomic mass is 16.4. The van der Waals surface area contributed by atoms with Gasteiger partial charge in [-0.3, -0.25) is 0 Å². The second-order valence-electron chi connectivity index (χ2n) is 3.69. The summed E-state index contributed by atoms with van der Waals surface area (Å²) in [5.74, 6) is 0.248. The zero-order valence-corrected chi connectivity index (χ0v) is 9.09. The van der Waals surface area contributed by atoms with Gasteiger partial charge in [0.15, 0.2) is 0 Å². The summed E-state index contributed by atoms with van der Waals surface area (Å²) in [7, 11) is 3.95. The van der Waals surface area contributed by atoms with Gasteiger partial charge >= 0.3 is 0 Å². The molecular weight excluding hydrogens is 190 g/mol. The van der Waals surface area contributed by atoms with E-state index in [4.69, 9.17) is 10.9 Å². The summed E-state index contributed by atoms with van der Waals surface area (Å²) < 4.78 is 0. The first-order valence-corrected chi connectivity index (χ1v) is 4.83. The molecule has 1 rings (SSSR count). The molecule has 0 radical (unpaired) electrons. The summed E-state index contributed by atoms with van der Waals surface area (Å²) in [5, 5.41) is 11.6. The molecule has 0 spiro atoms. The monoisotopic (exact) mass is 207 g/mol. The molecule has 0 saturated carbocycles. The Hall–Kier alpha value is -1.55. The lowest BCUT2D eigenvalue weighted by Gasteiger charge is -2.24.